The first kappa shape index (κ1) is 23.0. The van der Waals surface area contributed by atoms with E-state index in [0.29, 0.717) is 41.4 Å². The molecule has 0 bridgehead atoms. The van der Waals surface area contributed by atoms with Crippen molar-refractivity contribution in [3.05, 3.63) is 47.7 Å². The van der Waals surface area contributed by atoms with Crippen molar-refractivity contribution in [2.45, 2.75) is 75.8 Å². The van der Waals surface area contributed by atoms with Crippen LogP contribution in [0.2, 0.25) is 0 Å². The van der Waals surface area contributed by atoms with Gasteiger partial charge in [0.2, 0.25) is 0 Å². The van der Waals surface area contributed by atoms with Gasteiger partial charge in [-0.25, -0.2) is 9.78 Å². The van der Waals surface area contributed by atoms with Crippen molar-refractivity contribution in [2.24, 2.45) is 0 Å². The lowest BCUT2D eigenvalue weighted by Gasteiger charge is -2.33. The van der Waals surface area contributed by atoms with E-state index in [4.69, 9.17) is 9.51 Å². The molecule has 188 valence electrons. The lowest BCUT2D eigenvalue weighted by atomic mass is 9.96. The van der Waals surface area contributed by atoms with Crippen molar-refractivity contribution in [3.8, 4) is 11.3 Å². The fraction of sp³-hybridized carbons (Fsp3) is 0.500. The molecule has 1 aliphatic heterocycles. The monoisotopic (exact) mass is 487 g/mol. The normalized spacial score (nSPS) is 19.4. The average molecular weight is 488 g/mol. The number of likely N-dealkylation sites (tertiary alicyclic amines) is 1. The molecule has 3 aromatic rings. The topological polar surface area (TPSA) is 100 Å². The van der Waals surface area contributed by atoms with Gasteiger partial charge in [-0.1, -0.05) is 54.8 Å². The molecule has 3 aliphatic rings. The third-order valence-electron chi connectivity index (χ3n) is 7.80. The highest BCUT2D eigenvalue weighted by Gasteiger charge is 2.32. The van der Waals surface area contributed by atoms with E-state index in [0.717, 1.165) is 49.8 Å². The summed E-state index contributed by atoms with van der Waals surface area (Å²) in [6.45, 7) is 1.20. The Hall–Kier alpha value is -3.42. The van der Waals surface area contributed by atoms with E-state index in [1.165, 1.54) is 19.3 Å². The van der Waals surface area contributed by atoms with Crippen LogP contribution in [0.15, 0.2) is 40.9 Å². The number of aromatic nitrogens is 2. The van der Waals surface area contributed by atoms with Gasteiger partial charge in [-0.3, -0.25) is 4.79 Å². The Kier molecular flexibility index (Phi) is 6.34. The second-order valence-electron chi connectivity index (χ2n) is 10.5. The number of hydrogen-bond donors (Lipinski definition) is 2. The van der Waals surface area contributed by atoms with E-state index in [1.54, 1.807) is 0 Å². The molecular weight excluding hydrogens is 454 g/mol. The summed E-state index contributed by atoms with van der Waals surface area (Å²) >= 11 is 0. The van der Waals surface area contributed by atoms with Gasteiger partial charge in [0.05, 0.1) is 10.9 Å². The van der Waals surface area contributed by atoms with E-state index < -0.39 is 0 Å². The van der Waals surface area contributed by atoms with Crippen LogP contribution in [0.1, 0.15) is 79.8 Å². The Morgan fingerprint density at radius 3 is 2.28 bits per heavy atom. The van der Waals surface area contributed by atoms with E-state index >= 15 is 0 Å². The zero-order chi connectivity index (χ0) is 24.5. The van der Waals surface area contributed by atoms with Gasteiger partial charge in [0.1, 0.15) is 5.69 Å². The molecule has 36 heavy (non-hydrogen) atoms. The summed E-state index contributed by atoms with van der Waals surface area (Å²) < 4.78 is 5.64. The fourth-order valence-electron chi connectivity index (χ4n) is 5.58. The summed E-state index contributed by atoms with van der Waals surface area (Å²) in [6.07, 6.45) is 9.43. The average Bonchev–Trinajstić information content (AvgIpc) is 3.68. The Morgan fingerprint density at radius 2 is 1.58 bits per heavy atom. The molecule has 3 heterocycles. The molecule has 0 atom stereocenters. The zero-order valence-corrected chi connectivity index (χ0v) is 20.5. The number of carbonyl (C=O) groups is 2. The van der Waals surface area contributed by atoms with Gasteiger partial charge < -0.3 is 20.1 Å². The second kappa shape index (κ2) is 9.91. The minimum absolute atomic E-state index is 0.0187. The first-order valence-corrected chi connectivity index (χ1v) is 13.4. The molecule has 0 unspecified atom stereocenters. The van der Waals surface area contributed by atoms with Gasteiger partial charge in [-0.2, -0.15) is 0 Å². The largest absolute Gasteiger partial charge is 0.338 e. The van der Waals surface area contributed by atoms with Crippen LogP contribution in [0.4, 0.5) is 4.79 Å². The van der Waals surface area contributed by atoms with Crippen LogP contribution in [-0.4, -0.2) is 52.2 Å². The first-order valence-electron chi connectivity index (χ1n) is 13.4. The van der Waals surface area contributed by atoms with E-state index in [1.807, 2.05) is 41.3 Å². The number of nitrogens with one attached hydrogen (secondary N) is 2. The van der Waals surface area contributed by atoms with Crippen LogP contribution in [0, 0.1) is 0 Å². The van der Waals surface area contributed by atoms with Crippen molar-refractivity contribution in [2.75, 3.05) is 13.1 Å². The minimum atomic E-state index is -0.0754. The minimum Gasteiger partial charge on any atom is -0.338 e. The molecule has 3 amide bonds. The number of benzene rings is 1. The van der Waals surface area contributed by atoms with E-state index in [9.17, 15) is 9.59 Å². The smallest absolute Gasteiger partial charge is 0.315 e. The van der Waals surface area contributed by atoms with Gasteiger partial charge in [0.15, 0.2) is 0 Å². The molecule has 0 spiro atoms. The molecule has 1 aromatic carbocycles. The number of hydrogen-bond acceptors (Lipinski definition) is 5. The number of rotatable bonds is 5. The lowest BCUT2D eigenvalue weighted by molar-refractivity contribution is 0.0710. The summed E-state index contributed by atoms with van der Waals surface area (Å²) in [5.41, 5.74) is 3.51. The molecular formula is C28H33N5O3. The Bertz CT molecular complexity index is 1240. The summed E-state index contributed by atoms with van der Waals surface area (Å²) in [6, 6.07) is 12.0. The molecule has 8 nitrogen and oxygen atoms in total. The van der Waals surface area contributed by atoms with Crippen molar-refractivity contribution in [1.82, 2.24) is 25.7 Å². The quantitative estimate of drug-likeness (QED) is 0.527. The summed E-state index contributed by atoms with van der Waals surface area (Å²) in [7, 11) is 0. The third kappa shape index (κ3) is 4.81. The number of urea groups is 1. The van der Waals surface area contributed by atoms with Gasteiger partial charge in [0.25, 0.3) is 11.6 Å². The Morgan fingerprint density at radius 1 is 0.889 bits per heavy atom. The predicted octanol–water partition coefficient (Wildman–Crippen LogP) is 5.00. The molecule has 1 saturated heterocycles. The van der Waals surface area contributed by atoms with Crippen molar-refractivity contribution < 1.29 is 14.1 Å². The fourth-order valence-corrected chi connectivity index (χ4v) is 5.58. The second-order valence-corrected chi connectivity index (χ2v) is 10.5. The van der Waals surface area contributed by atoms with Crippen LogP contribution in [0.5, 0.6) is 0 Å². The highest BCUT2D eigenvalue weighted by atomic mass is 16.5. The van der Waals surface area contributed by atoms with E-state index in [2.05, 4.69) is 15.8 Å². The maximum absolute atomic E-state index is 13.8. The molecule has 3 fully saturated rings. The Labute approximate surface area is 210 Å². The molecule has 6 rings (SSSR count). The number of carbonyl (C=O) groups excluding carboxylic acids is 2. The van der Waals surface area contributed by atoms with Crippen LogP contribution in [-0.2, 0) is 0 Å². The lowest BCUT2D eigenvalue weighted by Crippen LogP contribution is -2.51. The maximum atomic E-state index is 13.8. The predicted molar refractivity (Wildman–Crippen MR) is 137 cm³/mol. The standard InChI is InChI=1S/C28H33N5O3/c34-27(33-15-13-21(14-16-33)30-28(35)29-20-9-5-2-6-10-20)22-17-23(18-11-12-18)31-26-24(22)25(32-36-26)19-7-3-1-4-8-19/h1,3-4,7-8,17-18,20-21H,2,5-6,9-16H2,(H2,29,30,35). The van der Waals surface area contributed by atoms with E-state index in [-0.39, 0.29) is 24.0 Å². The molecule has 2 aromatic heterocycles. The van der Waals surface area contributed by atoms with Crippen LogP contribution in [0.25, 0.3) is 22.4 Å². The number of fused-ring (bicyclic) bond motifs is 1. The van der Waals surface area contributed by atoms with Crippen molar-refractivity contribution in [3.63, 3.8) is 0 Å². The van der Waals surface area contributed by atoms with Crippen LogP contribution >= 0.6 is 0 Å². The third-order valence-corrected chi connectivity index (χ3v) is 7.80. The number of pyridine rings is 1. The first-order chi connectivity index (χ1) is 17.7. The number of nitrogens with zero attached hydrogens (tertiary/aromatic N) is 3. The summed E-state index contributed by atoms with van der Waals surface area (Å²) in [5.74, 6) is 0.374. The van der Waals surface area contributed by atoms with Gasteiger partial charge in [0, 0.05) is 42.3 Å². The molecule has 2 saturated carbocycles. The highest BCUT2D eigenvalue weighted by Crippen LogP contribution is 2.41. The van der Waals surface area contributed by atoms with Crippen molar-refractivity contribution >= 4 is 23.0 Å². The molecule has 8 heteroatoms. The summed E-state index contributed by atoms with van der Waals surface area (Å²) in [4.78, 5) is 32.9. The SMILES string of the molecule is O=C(NC1CCCCC1)NC1CCN(C(=O)c2cc(C3CC3)nc3onc(-c4ccccc4)c23)CC1. The van der Waals surface area contributed by atoms with Crippen LogP contribution < -0.4 is 10.6 Å². The van der Waals surface area contributed by atoms with Gasteiger partial charge in [-0.05, 0) is 44.6 Å². The Balaban J connectivity index is 1.17. The van der Waals surface area contributed by atoms with Gasteiger partial charge >= 0.3 is 6.03 Å². The number of piperidine rings is 1. The van der Waals surface area contributed by atoms with Gasteiger partial charge in [-0.15, -0.1) is 0 Å². The summed E-state index contributed by atoms with van der Waals surface area (Å²) in [5, 5.41) is 11.3. The van der Waals surface area contributed by atoms with Crippen molar-refractivity contribution in [1.29, 1.82) is 0 Å². The molecule has 2 aliphatic carbocycles. The highest BCUT2D eigenvalue weighted by molar-refractivity contribution is 6.09. The van der Waals surface area contributed by atoms with Crippen LogP contribution in [0.3, 0.4) is 0 Å². The molecule has 2 N–H and O–H groups in total. The molecule has 0 radical (unpaired) electrons. The maximum Gasteiger partial charge on any atom is 0.315 e. The number of amides is 3. The zero-order valence-electron chi connectivity index (χ0n) is 20.5.